The van der Waals surface area contributed by atoms with Gasteiger partial charge in [-0.1, -0.05) is 29.3 Å². The largest absolute Gasteiger partial charge is 0.326 e. The number of halogens is 1. The summed E-state index contributed by atoms with van der Waals surface area (Å²) in [5, 5.41) is 0. The van der Waals surface area contributed by atoms with E-state index in [4.69, 9.17) is 5.73 Å². The van der Waals surface area contributed by atoms with Gasteiger partial charge in [-0.05, 0) is 43.5 Å². The first-order valence-electron chi connectivity index (χ1n) is 6.33. The topological polar surface area (TPSA) is 72.2 Å². The minimum Gasteiger partial charge on any atom is -0.326 e. The van der Waals surface area contributed by atoms with E-state index < -0.39 is 10.0 Å². The van der Waals surface area contributed by atoms with Gasteiger partial charge in [-0.15, -0.1) is 0 Å². The molecule has 3 N–H and O–H groups in total. The number of rotatable bonds is 6. The molecule has 1 rings (SSSR count). The first kappa shape index (κ1) is 16.6. The normalized spacial score (nSPS) is 13.5. The maximum Gasteiger partial charge on any atom is 0.241 e. The molecule has 0 aliphatic carbocycles. The maximum absolute atomic E-state index is 12.4. The van der Waals surface area contributed by atoms with Crippen molar-refractivity contribution in [1.82, 2.24) is 4.72 Å². The highest BCUT2D eigenvalue weighted by atomic mass is 79.9. The molecule has 19 heavy (non-hydrogen) atoms. The van der Waals surface area contributed by atoms with Crippen molar-refractivity contribution in [2.75, 3.05) is 0 Å². The van der Waals surface area contributed by atoms with Crippen molar-refractivity contribution in [3.8, 4) is 0 Å². The summed E-state index contributed by atoms with van der Waals surface area (Å²) in [4.78, 5) is 0.297. The third-order valence-electron chi connectivity index (χ3n) is 2.96. The molecule has 1 aromatic rings. The van der Waals surface area contributed by atoms with E-state index in [1.54, 1.807) is 13.0 Å². The molecule has 108 valence electrons. The second-order valence-corrected chi connectivity index (χ2v) is 7.25. The van der Waals surface area contributed by atoms with Gasteiger partial charge < -0.3 is 5.73 Å². The van der Waals surface area contributed by atoms with Gasteiger partial charge in [0.05, 0.1) is 4.90 Å². The summed E-state index contributed by atoms with van der Waals surface area (Å²) in [6, 6.07) is 3.42. The van der Waals surface area contributed by atoms with Gasteiger partial charge in [-0.3, -0.25) is 0 Å². The van der Waals surface area contributed by atoms with Crippen LogP contribution in [0.5, 0.6) is 0 Å². The molecule has 0 fully saturated rings. The van der Waals surface area contributed by atoms with Gasteiger partial charge in [-0.25, -0.2) is 13.1 Å². The van der Waals surface area contributed by atoms with Crippen molar-refractivity contribution in [3.05, 3.63) is 27.7 Å². The second-order valence-electron chi connectivity index (χ2n) is 4.72. The molecule has 4 nitrogen and oxygen atoms in total. The van der Waals surface area contributed by atoms with Gasteiger partial charge in [0, 0.05) is 17.1 Å². The number of nitrogens with two attached hydrogens (primary N) is 1. The zero-order valence-electron chi connectivity index (χ0n) is 11.5. The van der Waals surface area contributed by atoms with Crippen LogP contribution in [0.15, 0.2) is 21.5 Å². The molecule has 0 saturated heterocycles. The van der Waals surface area contributed by atoms with Gasteiger partial charge in [0.25, 0.3) is 0 Å². The summed E-state index contributed by atoms with van der Waals surface area (Å²) >= 11 is 3.38. The van der Waals surface area contributed by atoms with Crippen molar-refractivity contribution in [1.29, 1.82) is 0 Å². The minimum absolute atomic E-state index is 0.0743. The molecule has 0 radical (unpaired) electrons. The summed E-state index contributed by atoms with van der Waals surface area (Å²) < 4.78 is 28.2. The number of benzene rings is 1. The highest BCUT2D eigenvalue weighted by molar-refractivity contribution is 9.10. The van der Waals surface area contributed by atoms with Gasteiger partial charge >= 0.3 is 0 Å². The Hall–Kier alpha value is -0.430. The Balaban J connectivity index is 3.17. The van der Waals surface area contributed by atoms with Crippen LogP contribution in [-0.2, 0) is 16.6 Å². The van der Waals surface area contributed by atoms with E-state index >= 15 is 0 Å². The molecule has 6 heteroatoms. The quantitative estimate of drug-likeness (QED) is 0.829. The molecule has 0 aromatic heterocycles. The van der Waals surface area contributed by atoms with E-state index in [1.165, 1.54) is 0 Å². The Labute approximate surface area is 124 Å². The van der Waals surface area contributed by atoms with Crippen LogP contribution in [0.3, 0.4) is 0 Å². The molecule has 0 bridgehead atoms. The first-order chi connectivity index (χ1) is 8.81. The van der Waals surface area contributed by atoms with Gasteiger partial charge in [0.1, 0.15) is 0 Å². The molecular formula is C13H21BrN2O2S. The highest BCUT2D eigenvalue weighted by Gasteiger charge is 2.21. The zero-order valence-corrected chi connectivity index (χ0v) is 13.9. The van der Waals surface area contributed by atoms with E-state index in [-0.39, 0.29) is 6.04 Å². The Morgan fingerprint density at radius 3 is 2.58 bits per heavy atom. The average molecular weight is 349 g/mol. The van der Waals surface area contributed by atoms with Gasteiger partial charge in [0.2, 0.25) is 10.0 Å². The fourth-order valence-corrected chi connectivity index (χ4v) is 4.16. The van der Waals surface area contributed by atoms with Crippen LogP contribution in [0, 0.1) is 6.92 Å². The molecule has 0 heterocycles. The van der Waals surface area contributed by atoms with Crippen molar-refractivity contribution in [2.24, 2.45) is 5.73 Å². The van der Waals surface area contributed by atoms with E-state index in [9.17, 15) is 8.42 Å². The Kier molecular flexibility index (Phi) is 5.98. The second kappa shape index (κ2) is 6.83. The lowest BCUT2D eigenvalue weighted by atomic mass is 10.1. The molecule has 1 aromatic carbocycles. The monoisotopic (exact) mass is 348 g/mol. The fraction of sp³-hybridized carbons (Fsp3) is 0.538. The van der Waals surface area contributed by atoms with Crippen LogP contribution in [0.1, 0.15) is 37.8 Å². The molecule has 1 atom stereocenters. The predicted molar refractivity (Wildman–Crippen MR) is 81.5 cm³/mol. The van der Waals surface area contributed by atoms with E-state index in [1.807, 2.05) is 19.9 Å². The summed E-state index contributed by atoms with van der Waals surface area (Å²) in [5.41, 5.74) is 7.09. The molecule has 0 spiro atoms. The summed E-state index contributed by atoms with van der Waals surface area (Å²) in [7, 11) is -3.50. The molecule has 1 unspecified atom stereocenters. The number of hydrogen-bond acceptors (Lipinski definition) is 3. The number of sulfonamides is 1. The lowest BCUT2D eigenvalue weighted by molar-refractivity contribution is 0.543. The summed E-state index contributed by atoms with van der Waals surface area (Å²) in [6.45, 7) is 6.00. The Morgan fingerprint density at radius 2 is 2.05 bits per heavy atom. The third-order valence-corrected chi connectivity index (χ3v) is 5.50. The average Bonchev–Trinajstić information content (AvgIpc) is 2.31. The molecule has 0 saturated carbocycles. The first-order valence-corrected chi connectivity index (χ1v) is 8.60. The maximum atomic E-state index is 12.4. The zero-order chi connectivity index (χ0) is 14.6. The molecule has 0 aliphatic rings. The van der Waals surface area contributed by atoms with E-state index in [0.717, 1.165) is 22.9 Å². The third kappa shape index (κ3) is 4.27. The fourth-order valence-electron chi connectivity index (χ4n) is 1.92. The van der Waals surface area contributed by atoms with E-state index in [0.29, 0.717) is 17.0 Å². The summed E-state index contributed by atoms with van der Waals surface area (Å²) in [5.74, 6) is 0. The highest BCUT2D eigenvalue weighted by Crippen LogP contribution is 2.26. The number of hydrogen-bond donors (Lipinski definition) is 2. The van der Waals surface area contributed by atoms with Crippen molar-refractivity contribution < 1.29 is 8.42 Å². The molecule has 0 amide bonds. The number of nitrogens with one attached hydrogen (secondary N) is 1. The van der Waals surface area contributed by atoms with Crippen molar-refractivity contribution in [2.45, 2.75) is 51.1 Å². The van der Waals surface area contributed by atoms with Crippen LogP contribution < -0.4 is 10.5 Å². The molecular weight excluding hydrogens is 328 g/mol. The van der Waals surface area contributed by atoms with Crippen LogP contribution in [0.4, 0.5) is 0 Å². The van der Waals surface area contributed by atoms with Crippen LogP contribution in [0.2, 0.25) is 0 Å². The Bertz CT molecular complexity index is 544. The Morgan fingerprint density at radius 1 is 1.42 bits per heavy atom. The van der Waals surface area contributed by atoms with Crippen LogP contribution >= 0.6 is 15.9 Å². The van der Waals surface area contributed by atoms with Crippen LogP contribution in [0.25, 0.3) is 0 Å². The smallest absolute Gasteiger partial charge is 0.241 e. The molecule has 0 aliphatic heterocycles. The standard InChI is InChI=1S/C13H21BrN2O2S/c1-4-5-9(2)16-19(17,18)13-7-11(8-15)6-12(14)10(13)3/h6-7,9,16H,4-5,8,15H2,1-3H3. The minimum atomic E-state index is -3.50. The van der Waals surface area contributed by atoms with Gasteiger partial charge in [-0.2, -0.15) is 0 Å². The lowest BCUT2D eigenvalue weighted by Gasteiger charge is -2.16. The lowest BCUT2D eigenvalue weighted by Crippen LogP contribution is -2.33. The predicted octanol–water partition coefficient (Wildman–Crippen LogP) is 2.68. The van der Waals surface area contributed by atoms with E-state index in [2.05, 4.69) is 20.7 Å². The van der Waals surface area contributed by atoms with Crippen LogP contribution in [-0.4, -0.2) is 14.5 Å². The van der Waals surface area contributed by atoms with Crippen molar-refractivity contribution >= 4 is 26.0 Å². The summed E-state index contributed by atoms with van der Waals surface area (Å²) in [6.07, 6.45) is 1.76. The van der Waals surface area contributed by atoms with Gasteiger partial charge in [0.15, 0.2) is 0 Å². The SMILES string of the molecule is CCCC(C)NS(=O)(=O)c1cc(CN)cc(Br)c1C. The van der Waals surface area contributed by atoms with Crippen molar-refractivity contribution in [3.63, 3.8) is 0 Å².